The van der Waals surface area contributed by atoms with E-state index in [0.717, 1.165) is 12.1 Å². The highest BCUT2D eigenvalue weighted by Gasteiger charge is 2.59. The molecule has 3 aliphatic rings. The number of rotatable bonds is 3. The maximum Gasteiger partial charge on any atom is 0.416 e. The molecule has 1 aromatic carbocycles. The number of alkyl halides is 3. The summed E-state index contributed by atoms with van der Waals surface area (Å²) in [5.74, 6) is -0.654. The summed E-state index contributed by atoms with van der Waals surface area (Å²) in [5, 5.41) is 9.64. The van der Waals surface area contributed by atoms with E-state index in [0.29, 0.717) is 18.9 Å². The van der Waals surface area contributed by atoms with Gasteiger partial charge in [0, 0.05) is 23.7 Å². The summed E-state index contributed by atoms with van der Waals surface area (Å²) in [6.07, 6.45) is -1.16. The third-order valence-corrected chi connectivity index (χ3v) is 7.72. The Balaban J connectivity index is 1.69. The van der Waals surface area contributed by atoms with Gasteiger partial charge in [0.25, 0.3) is 5.56 Å². The highest BCUT2D eigenvalue weighted by atomic mass is 32.2. The lowest BCUT2D eigenvalue weighted by Crippen LogP contribution is -2.40. The van der Waals surface area contributed by atoms with Crippen LogP contribution in [0.5, 0.6) is 5.75 Å². The van der Waals surface area contributed by atoms with Gasteiger partial charge in [-0.2, -0.15) is 13.2 Å². The topological polar surface area (TPSA) is 89.3 Å². The Morgan fingerprint density at radius 3 is 2.52 bits per heavy atom. The molecule has 3 heterocycles. The third-order valence-electron chi connectivity index (χ3n) is 5.36. The average molecular weight is 400 g/mol. The maximum absolute atomic E-state index is 12.8. The summed E-state index contributed by atoms with van der Waals surface area (Å²) in [5.41, 5.74) is -2.16. The number of phenolic OH excluding ortho intramolecular Hbond substituents is 1. The minimum atomic E-state index is -4.61. The second kappa shape index (κ2) is 5.57. The molecule has 27 heavy (non-hydrogen) atoms. The van der Waals surface area contributed by atoms with Gasteiger partial charge in [-0.1, -0.05) is 0 Å². The molecular formula is C17H15F3N2O4S. The minimum Gasteiger partial charge on any atom is -0.507 e. The molecule has 144 valence electrons. The van der Waals surface area contributed by atoms with Crippen LogP contribution in [0.4, 0.5) is 13.2 Å². The monoisotopic (exact) mass is 400 g/mol. The van der Waals surface area contributed by atoms with Gasteiger partial charge in [-0.05, 0) is 31.0 Å². The summed E-state index contributed by atoms with van der Waals surface area (Å²) < 4.78 is 63.3. The van der Waals surface area contributed by atoms with Crippen LogP contribution < -0.4 is 5.56 Å². The van der Waals surface area contributed by atoms with Crippen LogP contribution >= 0.6 is 0 Å². The van der Waals surface area contributed by atoms with Crippen LogP contribution in [-0.2, 0) is 22.6 Å². The van der Waals surface area contributed by atoms with Crippen molar-refractivity contribution >= 4 is 9.84 Å². The molecule has 10 heteroatoms. The first-order valence-electron chi connectivity index (χ1n) is 8.17. The number of sulfone groups is 1. The highest BCUT2D eigenvalue weighted by molar-refractivity contribution is 7.92. The van der Waals surface area contributed by atoms with Crippen LogP contribution in [0, 0.1) is 5.41 Å². The molecule has 2 bridgehead atoms. The molecule has 6 nitrogen and oxygen atoms in total. The largest absolute Gasteiger partial charge is 0.507 e. The van der Waals surface area contributed by atoms with E-state index in [-0.39, 0.29) is 28.7 Å². The Labute approximate surface area is 152 Å². The fourth-order valence-electron chi connectivity index (χ4n) is 4.04. The minimum absolute atomic E-state index is 0.0207. The van der Waals surface area contributed by atoms with Gasteiger partial charge < -0.3 is 5.11 Å². The predicted molar refractivity (Wildman–Crippen MR) is 89.8 cm³/mol. The van der Waals surface area contributed by atoms with Crippen LogP contribution in [-0.4, -0.2) is 34.1 Å². The van der Waals surface area contributed by atoms with E-state index in [1.165, 1.54) is 17.1 Å². The Morgan fingerprint density at radius 2 is 1.96 bits per heavy atom. The van der Waals surface area contributed by atoms with Crippen molar-refractivity contribution in [3.8, 4) is 16.9 Å². The van der Waals surface area contributed by atoms with E-state index < -0.39 is 38.3 Å². The quantitative estimate of drug-likeness (QED) is 0.853. The lowest BCUT2D eigenvalue weighted by molar-refractivity contribution is -0.137. The molecule has 2 aliphatic heterocycles. The van der Waals surface area contributed by atoms with E-state index in [1.54, 1.807) is 0 Å². The molecule has 0 unspecified atom stereocenters. The van der Waals surface area contributed by atoms with Gasteiger partial charge in [0.05, 0.1) is 28.5 Å². The molecule has 5 rings (SSSR count). The number of hydrogen-bond donors (Lipinski definition) is 1. The number of hydrogen-bond acceptors (Lipinski definition) is 5. The van der Waals surface area contributed by atoms with Gasteiger partial charge in [0.1, 0.15) is 5.75 Å². The normalized spacial score (nSPS) is 26.0. The second-order valence-electron chi connectivity index (χ2n) is 7.31. The molecule has 2 aromatic rings. The second-order valence-corrected chi connectivity index (χ2v) is 9.59. The van der Waals surface area contributed by atoms with Crippen molar-refractivity contribution in [1.29, 1.82) is 0 Å². The van der Waals surface area contributed by atoms with Crippen LogP contribution in [0.2, 0.25) is 0 Å². The fraction of sp³-hybridized carbons (Fsp3) is 0.412. The van der Waals surface area contributed by atoms with Gasteiger partial charge >= 0.3 is 6.18 Å². The summed E-state index contributed by atoms with van der Waals surface area (Å²) in [6, 6.07) is 2.37. The van der Waals surface area contributed by atoms with Crippen molar-refractivity contribution in [1.82, 2.24) is 9.55 Å². The predicted octanol–water partition coefficient (Wildman–Crippen LogP) is 2.21. The molecule has 0 radical (unpaired) electrons. The zero-order valence-electron chi connectivity index (χ0n) is 13.9. The van der Waals surface area contributed by atoms with Gasteiger partial charge in [-0.25, -0.2) is 13.4 Å². The Kier molecular flexibility index (Phi) is 3.72. The molecule has 1 aliphatic carbocycles. The molecule has 0 atom stereocenters. The maximum atomic E-state index is 12.8. The zero-order chi connectivity index (χ0) is 19.6. The van der Waals surface area contributed by atoms with Crippen molar-refractivity contribution < 1.29 is 26.7 Å². The van der Waals surface area contributed by atoms with Crippen molar-refractivity contribution in [3.05, 3.63) is 46.6 Å². The first-order chi connectivity index (χ1) is 12.5. The van der Waals surface area contributed by atoms with Gasteiger partial charge in [-0.3, -0.25) is 9.36 Å². The molecular weight excluding hydrogens is 385 g/mol. The van der Waals surface area contributed by atoms with Crippen LogP contribution in [0.15, 0.2) is 35.5 Å². The number of nitrogens with zero attached hydrogens (tertiary/aromatic N) is 2. The van der Waals surface area contributed by atoms with E-state index in [9.17, 15) is 31.5 Å². The highest BCUT2D eigenvalue weighted by Crippen LogP contribution is 2.54. The van der Waals surface area contributed by atoms with Crippen LogP contribution in [0.1, 0.15) is 18.4 Å². The van der Waals surface area contributed by atoms with Crippen molar-refractivity contribution in [2.75, 3.05) is 5.75 Å². The van der Waals surface area contributed by atoms with Crippen LogP contribution in [0.3, 0.4) is 0 Å². The summed E-state index contributed by atoms with van der Waals surface area (Å²) in [6.45, 7) is 0.170. The SMILES string of the molecule is O=c1c(-c2ccc(C(F)(F)F)cc2O)cncn1CC12CC(C1)S(=O)(=O)C2. The number of aromatic hydroxyl groups is 1. The Morgan fingerprint density at radius 1 is 1.26 bits per heavy atom. The Bertz CT molecular complexity index is 1090. The van der Waals surface area contributed by atoms with E-state index in [2.05, 4.69) is 4.98 Å². The van der Waals surface area contributed by atoms with Crippen molar-refractivity contribution in [3.63, 3.8) is 0 Å². The molecule has 0 amide bonds. The molecule has 1 saturated carbocycles. The smallest absolute Gasteiger partial charge is 0.416 e. The molecule has 0 spiro atoms. The molecule has 2 saturated heterocycles. The summed E-state index contributed by atoms with van der Waals surface area (Å²) in [4.78, 5) is 16.7. The van der Waals surface area contributed by atoms with Gasteiger partial charge in [-0.15, -0.1) is 0 Å². The summed E-state index contributed by atoms with van der Waals surface area (Å²) in [7, 11) is -3.11. The lowest BCUT2D eigenvalue weighted by Gasteiger charge is -2.36. The number of fused-ring (bicyclic) bond motifs is 1. The molecule has 1 aromatic heterocycles. The number of benzene rings is 1. The van der Waals surface area contributed by atoms with E-state index in [1.807, 2.05) is 0 Å². The third kappa shape index (κ3) is 2.91. The average Bonchev–Trinajstić information content (AvgIpc) is 2.93. The fourth-order valence-corrected chi connectivity index (χ4v) is 6.67. The summed E-state index contributed by atoms with van der Waals surface area (Å²) >= 11 is 0. The first-order valence-corrected chi connectivity index (χ1v) is 9.89. The number of phenols is 1. The van der Waals surface area contributed by atoms with Gasteiger partial charge in [0.15, 0.2) is 9.84 Å². The number of aromatic nitrogens is 2. The first kappa shape index (κ1) is 18.0. The lowest BCUT2D eigenvalue weighted by atomic mass is 9.70. The van der Waals surface area contributed by atoms with Crippen LogP contribution in [0.25, 0.3) is 11.1 Å². The molecule has 1 N–H and O–H groups in total. The van der Waals surface area contributed by atoms with Gasteiger partial charge in [0.2, 0.25) is 0 Å². The van der Waals surface area contributed by atoms with E-state index >= 15 is 0 Å². The zero-order valence-corrected chi connectivity index (χ0v) is 14.7. The number of halogens is 3. The standard InChI is InChI=1S/C17H15F3N2O4S/c18-17(19,20)10-1-2-12(14(23)3-10)13-6-21-9-22(15(13)24)7-16-4-11(5-16)27(25,26)8-16/h1-3,6,9,11,23H,4-5,7-8H2. The van der Waals surface area contributed by atoms with Crippen molar-refractivity contribution in [2.45, 2.75) is 30.8 Å². The van der Waals surface area contributed by atoms with E-state index in [4.69, 9.17) is 0 Å². The van der Waals surface area contributed by atoms with Crippen molar-refractivity contribution in [2.24, 2.45) is 5.41 Å². The molecule has 3 fully saturated rings. The Hall–Kier alpha value is -2.36.